The Labute approximate surface area is 128 Å². The molecule has 0 unspecified atom stereocenters. The molecule has 112 valence electrons. The monoisotopic (exact) mass is 296 g/mol. The van der Waals surface area contributed by atoms with Crippen LogP contribution in [0.5, 0.6) is 0 Å². The van der Waals surface area contributed by atoms with Crippen molar-refractivity contribution < 1.29 is 14.4 Å². The number of fused-ring (bicyclic) bond motifs is 2. The molecule has 1 fully saturated rings. The molecule has 1 aromatic carbocycles. The van der Waals surface area contributed by atoms with E-state index in [9.17, 15) is 14.4 Å². The van der Waals surface area contributed by atoms with Gasteiger partial charge in [-0.15, -0.1) is 0 Å². The van der Waals surface area contributed by atoms with Crippen LogP contribution in [0, 0.1) is 0 Å². The van der Waals surface area contributed by atoms with E-state index in [0.29, 0.717) is 17.5 Å². The topological polar surface area (TPSA) is 57.7 Å². The minimum Gasteiger partial charge on any atom is -0.370 e. The van der Waals surface area contributed by atoms with Gasteiger partial charge in [-0.1, -0.05) is 12.1 Å². The summed E-state index contributed by atoms with van der Waals surface area (Å²) in [7, 11) is 0. The van der Waals surface area contributed by atoms with E-state index in [1.165, 1.54) is 4.90 Å². The third-order valence-corrected chi connectivity index (χ3v) is 4.71. The molecule has 5 nitrogen and oxygen atoms in total. The van der Waals surface area contributed by atoms with E-state index in [-0.39, 0.29) is 30.2 Å². The number of nitrogens with zero attached hydrogens (tertiary/aromatic N) is 2. The van der Waals surface area contributed by atoms with Gasteiger partial charge < -0.3 is 4.90 Å². The first-order valence-electron chi connectivity index (χ1n) is 7.60. The molecular formula is C17H16N2O3. The summed E-state index contributed by atoms with van der Waals surface area (Å²) < 4.78 is 0. The van der Waals surface area contributed by atoms with Crippen LogP contribution in [-0.2, 0) is 4.79 Å². The highest BCUT2D eigenvalue weighted by Crippen LogP contribution is 2.31. The number of imide groups is 1. The lowest BCUT2D eigenvalue weighted by molar-refractivity contribution is -0.116. The fraction of sp³-hybridized carbons (Fsp3) is 0.353. The number of carbonyl (C=O) groups excluding carboxylic acids is 3. The van der Waals surface area contributed by atoms with E-state index in [0.717, 1.165) is 25.1 Å². The van der Waals surface area contributed by atoms with Gasteiger partial charge in [-0.2, -0.15) is 0 Å². The number of hydrogen-bond acceptors (Lipinski definition) is 4. The van der Waals surface area contributed by atoms with Crippen LogP contribution < -0.4 is 0 Å². The Hall–Kier alpha value is -2.43. The lowest BCUT2D eigenvalue weighted by Gasteiger charge is -2.33. The highest BCUT2D eigenvalue weighted by atomic mass is 16.2. The van der Waals surface area contributed by atoms with E-state index in [2.05, 4.69) is 4.90 Å². The van der Waals surface area contributed by atoms with Crippen LogP contribution in [0.15, 0.2) is 36.0 Å². The minimum absolute atomic E-state index is 0.0924. The molecule has 3 heterocycles. The Morgan fingerprint density at radius 2 is 1.73 bits per heavy atom. The number of benzene rings is 1. The van der Waals surface area contributed by atoms with Gasteiger partial charge in [0.1, 0.15) is 0 Å². The van der Waals surface area contributed by atoms with E-state index >= 15 is 0 Å². The Morgan fingerprint density at radius 1 is 1.05 bits per heavy atom. The Balaban J connectivity index is 1.63. The molecule has 1 aromatic rings. The molecule has 1 saturated heterocycles. The SMILES string of the molecule is O=C1C=C(CN2C(=O)c3ccccc3C2=O)N2CCC[C@@H]2C1. The highest BCUT2D eigenvalue weighted by Gasteiger charge is 2.38. The first kappa shape index (κ1) is 13.2. The van der Waals surface area contributed by atoms with Crippen molar-refractivity contribution in [1.29, 1.82) is 0 Å². The van der Waals surface area contributed by atoms with Crippen LogP contribution in [0.3, 0.4) is 0 Å². The molecule has 3 aliphatic heterocycles. The molecule has 2 amide bonds. The fourth-order valence-corrected chi connectivity index (χ4v) is 3.67. The Bertz CT molecular complexity index is 687. The summed E-state index contributed by atoms with van der Waals surface area (Å²) in [5.74, 6) is -0.444. The zero-order valence-corrected chi connectivity index (χ0v) is 12.1. The summed E-state index contributed by atoms with van der Waals surface area (Å²) in [5.41, 5.74) is 1.70. The third kappa shape index (κ3) is 1.89. The summed E-state index contributed by atoms with van der Waals surface area (Å²) in [5, 5.41) is 0. The predicted octanol–water partition coefficient (Wildman–Crippen LogP) is 1.60. The van der Waals surface area contributed by atoms with E-state index in [1.54, 1.807) is 30.3 Å². The molecule has 0 aliphatic carbocycles. The molecule has 0 bridgehead atoms. The summed E-state index contributed by atoms with van der Waals surface area (Å²) in [4.78, 5) is 40.2. The van der Waals surface area contributed by atoms with E-state index < -0.39 is 0 Å². The fourth-order valence-electron chi connectivity index (χ4n) is 3.67. The standard InChI is InChI=1S/C17H16N2O3/c20-13-8-11-4-3-7-18(11)12(9-13)10-19-16(21)14-5-1-2-6-15(14)17(19)22/h1-2,5-6,9,11H,3-4,7-8,10H2/t11-/m1/s1. The summed E-state index contributed by atoms with van der Waals surface area (Å²) >= 11 is 0. The summed E-state index contributed by atoms with van der Waals surface area (Å²) in [6, 6.07) is 7.10. The van der Waals surface area contributed by atoms with Crippen molar-refractivity contribution >= 4 is 17.6 Å². The van der Waals surface area contributed by atoms with Crippen molar-refractivity contribution in [3.05, 3.63) is 47.2 Å². The van der Waals surface area contributed by atoms with Gasteiger partial charge in [0.15, 0.2) is 5.78 Å². The Kier molecular flexibility index (Phi) is 2.89. The van der Waals surface area contributed by atoms with E-state index in [4.69, 9.17) is 0 Å². The molecule has 1 atom stereocenters. The minimum atomic E-state index is -0.268. The summed E-state index contributed by atoms with van der Waals surface area (Å²) in [6.45, 7) is 1.08. The normalized spacial score (nSPS) is 23.7. The predicted molar refractivity (Wildman–Crippen MR) is 79.2 cm³/mol. The second-order valence-electron chi connectivity index (χ2n) is 6.04. The second-order valence-corrected chi connectivity index (χ2v) is 6.04. The first-order valence-corrected chi connectivity index (χ1v) is 7.60. The number of carbonyl (C=O) groups is 3. The van der Waals surface area contributed by atoms with Gasteiger partial charge in [-0.05, 0) is 25.0 Å². The van der Waals surface area contributed by atoms with Gasteiger partial charge >= 0.3 is 0 Å². The number of rotatable bonds is 2. The van der Waals surface area contributed by atoms with Gasteiger partial charge in [0.05, 0.1) is 17.7 Å². The van der Waals surface area contributed by atoms with Gasteiger partial charge in [-0.25, -0.2) is 0 Å². The van der Waals surface area contributed by atoms with Gasteiger partial charge in [0.25, 0.3) is 11.8 Å². The largest absolute Gasteiger partial charge is 0.370 e. The van der Waals surface area contributed by atoms with Crippen LogP contribution in [0.25, 0.3) is 0 Å². The Morgan fingerprint density at radius 3 is 2.41 bits per heavy atom. The van der Waals surface area contributed by atoms with Gasteiger partial charge in [0, 0.05) is 30.8 Å². The maximum Gasteiger partial charge on any atom is 0.261 e. The van der Waals surface area contributed by atoms with Crippen molar-refractivity contribution in [3.63, 3.8) is 0 Å². The molecule has 4 rings (SSSR count). The number of amides is 2. The van der Waals surface area contributed by atoms with Crippen molar-refractivity contribution in [1.82, 2.24) is 9.80 Å². The zero-order valence-electron chi connectivity index (χ0n) is 12.1. The molecule has 0 radical (unpaired) electrons. The average Bonchev–Trinajstić information content (AvgIpc) is 3.07. The van der Waals surface area contributed by atoms with Crippen molar-refractivity contribution in [2.45, 2.75) is 25.3 Å². The van der Waals surface area contributed by atoms with Crippen LogP contribution in [0.1, 0.15) is 40.0 Å². The van der Waals surface area contributed by atoms with Crippen LogP contribution >= 0.6 is 0 Å². The first-order chi connectivity index (χ1) is 10.6. The van der Waals surface area contributed by atoms with Crippen LogP contribution in [-0.4, -0.2) is 46.5 Å². The van der Waals surface area contributed by atoms with Crippen LogP contribution in [0.4, 0.5) is 0 Å². The molecule has 0 saturated carbocycles. The van der Waals surface area contributed by atoms with Crippen LogP contribution in [0.2, 0.25) is 0 Å². The number of ketones is 1. The quantitative estimate of drug-likeness (QED) is 0.778. The van der Waals surface area contributed by atoms with Crippen molar-refractivity contribution in [2.24, 2.45) is 0 Å². The van der Waals surface area contributed by atoms with E-state index in [1.807, 2.05) is 0 Å². The zero-order chi connectivity index (χ0) is 15.3. The molecule has 5 heteroatoms. The number of allylic oxidation sites excluding steroid dienone is 1. The van der Waals surface area contributed by atoms with Gasteiger partial charge in [0.2, 0.25) is 0 Å². The molecule has 22 heavy (non-hydrogen) atoms. The van der Waals surface area contributed by atoms with Gasteiger partial charge in [-0.3, -0.25) is 19.3 Å². The second kappa shape index (κ2) is 4.80. The molecule has 3 aliphatic rings. The van der Waals surface area contributed by atoms with Crippen molar-refractivity contribution in [3.8, 4) is 0 Å². The molecular weight excluding hydrogens is 280 g/mol. The lowest BCUT2D eigenvalue weighted by Crippen LogP contribution is -2.41. The smallest absolute Gasteiger partial charge is 0.261 e. The third-order valence-electron chi connectivity index (χ3n) is 4.71. The molecule has 0 N–H and O–H groups in total. The molecule has 0 spiro atoms. The lowest BCUT2D eigenvalue weighted by atomic mass is 10.0. The number of hydrogen-bond donors (Lipinski definition) is 0. The average molecular weight is 296 g/mol. The highest BCUT2D eigenvalue weighted by molar-refractivity contribution is 6.21. The maximum atomic E-state index is 12.4. The van der Waals surface area contributed by atoms with Crippen molar-refractivity contribution in [2.75, 3.05) is 13.1 Å². The maximum absolute atomic E-state index is 12.4. The summed E-state index contributed by atoms with van der Waals surface area (Å²) in [6.07, 6.45) is 4.21. The molecule has 0 aromatic heterocycles.